The normalized spacial score (nSPS) is 17.1. The number of hydrogen-bond donors (Lipinski definition) is 0. The van der Waals surface area contributed by atoms with Crippen molar-refractivity contribution >= 4 is 0 Å². The highest BCUT2D eigenvalue weighted by Gasteiger charge is 2.54. The first kappa shape index (κ1) is 19.0. The maximum atomic E-state index is 2.54. The van der Waals surface area contributed by atoms with Crippen LogP contribution < -0.4 is 0 Å². The number of nitrogens with zero attached hydrogens (tertiary/aromatic N) is 1. The standard InChI is InChI=1S/C18H40N/c1-13(2)12-18(11,14(3)4)19(15(5)6,16(7)8)17(9)10/h13-17H,12H2,1-11H3/q+1. The minimum absolute atomic E-state index is 0.338. The van der Waals surface area contributed by atoms with Gasteiger partial charge < -0.3 is 4.48 Å². The molecule has 19 heavy (non-hydrogen) atoms. The molecular weight excluding hydrogens is 230 g/mol. The molecule has 0 rings (SSSR count). The molecule has 0 amide bonds. The van der Waals surface area contributed by atoms with Gasteiger partial charge in [0.25, 0.3) is 0 Å². The van der Waals surface area contributed by atoms with Crippen LogP contribution in [0.5, 0.6) is 0 Å². The van der Waals surface area contributed by atoms with Crippen LogP contribution >= 0.6 is 0 Å². The molecule has 0 bridgehead atoms. The van der Waals surface area contributed by atoms with Crippen molar-refractivity contribution in [1.29, 1.82) is 0 Å². The van der Waals surface area contributed by atoms with E-state index in [-0.39, 0.29) is 0 Å². The van der Waals surface area contributed by atoms with Crippen molar-refractivity contribution in [2.75, 3.05) is 0 Å². The molecule has 0 aromatic rings. The lowest BCUT2D eigenvalue weighted by Crippen LogP contribution is -2.74. The van der Waals surface area contributed by atoms with Gasteiger partial charge in [0.05, 0.1) is 23.7 Å². The molecule has 0 aliphatic rings. The largest absolute Gasteiger partial charge is 0.313 e. The summed E-state index contributed by atoms with van der Waals surface area (Å²) in [7, 11) is 0. The maximum Gasteiger partial charge on any atom is 0.0995 e. The molecule has 0 saturated carbocycles. The fourth-order valence-electron chi connectivity index (χ4n) is 5.23. The lowest BCUT2D eigenvalue weighted by Gasteiger charge is -2.62. The maximum absolute atomic E-state index is 2.54. The van der Waals surface area contributed by atoms with E-state index in [0.717, 1.165) is 5.92 Å². The van der Waals surface area contributed by atoms with Crippen molar-refractivity contribution in [2.24, 2.45) is 11.8 Å². The average Bonchev–Trinajstić information content (AvgIpc) is 2.13. The minimum atomic E-state index is 0.338. The molecule has 0 spiro atoms. The van der Waals surface area contributed by atoms with Crippen molar-refractivity contribution in [3.8, 4) is 0 Å². The summed E-state index contributed by atoms with van der Waals surface area (Å²) in [6, 6.07) is 1.98. The summed E-state index contributed by atoms with van der Waals surface area (Å²) in [5, 5.41) is 0. The van der Waals surface area contributed by atoms with Crippen LogP contribution in [0.1, 0.15) is 82.6 Å². The lowest BCUT2D eigenvalue weighted by molar-refractivity contribution is -1.03. The van der Waals surface area contributed by atoms with E-state index in [9.17, 15) is 0 Å². The third kappa shape index (κ3) is 3.17. The van der Waals surface area contributed by atoms with Gasteiger partial charge in [-0.1, -0.05) is 27.7 Å². The highest BCUT2D eigenvalue weighted by atomic mass is 15.5. The first-order valence-electron chi connectivity index (χ1n) is 8.32. The second-order valence-corrected chi connectivity index (χ2v) is 8.23. The molecule has 0 aliphatic heterocycles. The molecule has 0 radical (unpaired) electrons. The van der Waals surface area contributed by atoms with Gasteiger partial charge in [0.15, 0.2) is 0 Å². The smallest absolute Gasteiger partial charge is 0.0995 e. The zero-order chi connectivity index (χ0) is 15.6. The molecule has 116 valence electrons. The van der Waals surface area contributed by atoms with Gasteiger partial charge in [-0.05, 0) is 54.4 Å². The number of quaternary nitrogens is 1. The van der Waals surface area contributed by atoms with Crippen molar-refractivity contribution in [3.63, 3.8) is 0 Å². The summed E-state index contributed by atoms with van der Waals surface area (Å²) >= 11 is 0. The van der Waals surface area contributed by atoms with Gasteiger partial charge in [-0.3, -0.25) is 0 Å². The zero-order valence-corrected chi connectivity index (χ0v) is 15.5. The molecule has 1 nitrogen and oxygen atoms in total. The molecule has 0 N–H and O–H groups in total. The quantitative estimate of drug-likeness (QED) is 0.537. The van der Waals surface area contributed by atoms with Gasteiger partial charge in [-0.25, -0.2) is 0 Å². The van der Waals surface area contributed by atoms with E-state index in [4.69, 9.17) is 0 Å². The Kier molecular flexibility index (Phi) is 6.59. The predicted octanol–water partition coefficient (Wildman–Crippen LogP) is 5.49. The minimum Gasteiger partial charge on any atom is -0.313 e. The van der Waals surface area contributed by atoms with Crippen LogP contribution in [0.3, 0.4) is 0 Å². The third-order valence-corrected chi connectivity index (χ3v) is 5.51. The molecule has 0 aliphatic carbocycles. The van der Waals surface area contributed by atoms with Crippen molar-refractivity contribution < 1.29 is 4.48 Å². The predicted molar refractivity (Wildman–Crippen MR) is 88.4 cm³/mol. The first-order valence-corrected chi connectivity index (χ1v) is 8.32. The van der Waals surface area contributed by atoms with Crippen LogP contribution in [0.15, 0.2) is 0 Å². The lowest BCUT2D eigenvalue weighted by atomic mass is 9.74. The van der Waals surface area contributed by atoms with Crippen molar-refractivity contribution in [2.45, 2.75) is 106 Å². The van der Waals surface area contributed by atoms with Gasteiger partial charge in [-0.2, -0.15) is 0 Å². The Morgan fingerprint density at radius 1 is 0.684 bits per heavy atom. The fraction of sp³-hybridized carbons (Fsp3) is 1.00. The van der Waals surface area contributed by atoms with Crippen LogP contribution in [-0.2, 0) is 0 Å². The summed E-state index contributed by atoms with van der Waals surface area (Å²) in [5.41, 5.74) is 0.338. The number of rotatable bonds is 7. The summed E-state index contributed by atoms with van der Waals surface area (Å²) in [6.07, 6.45) is 1.30. The molecule has 1 unspecified atom stereocenters. The fourth-order valence-corrected chi connectivity index (χ4v) is 5.23. The monoisotopic (exact) mass is 270 g/mol. The molecule has 0 heterocycles. The van der Waals surface area contributed by atoms with Crippen LogP contribution in [0, 0.1) is 11.8 Å². The Labute approximate surface area is 123 Å². The molecular formula is C18H40N+. The Balaban J connectivity index is 6.03. The van der Waals surface area contributed by atoms with E-state index < -0.39 is 0 Å². The van der Waals surface area contributed by atoms with E-state index in [1.54, 1.807) is 0 Å². The van der Waals surface area contributed by atoms with Gasteiger partial charge in [0.2, 0.25) is 0 Å². The molecule has 0 saturated heterocycles. The molecule has 0 fully saturated rings. The second kappa shape index (κ2) is 6.61. The summed E-state index contributed by atoms with van der Waals surface area (Å²) in [5.74, 6) is 1.45. The summed E-state index contributed by atoms with van der Waals surface area (Å²) in [4.78, 5) is 0. The topological polar surface area (TPSA) is 0 Å². The second-order valence-electron chi connectivity index (χ2n) is 8.23. The van der Waals surface area contributed by atoms with E-state index in [2.05, 4.69) is 76.2 Å². The summed E-state index contributed by atoms with van der Waals surface area (Å²) < 4.78 is 1.23. The molecule has 1 heteroatoms. The van der Waals surface area contributed by atoms with Gasteiger partial charge in [-0.15, -0.1) is 0 Å². The molecule has 0 aromatic heterocycles. The van der Waals surface area contributed by atoms with Crippen molar-refractivity contribution in [1.82, 2.24) is 0 Å². The van der Waals surface area contributed by atoms with E-state index in [1.165, 1.54) is 10.9 Å². The van der Waals surface area contributed by atoms with Gasteiger partial charge >= 0.3 is 0 Å². The third-order valence-electron chi connectivity index (χ3n) is 5.51. The van der Waals surface area contributed by atoms with E-state index in [0.29, 0.717) is 29.6 Å². The van der Waals surface area contributed by atoms with E-state index >= 15 is 0 Å². The highest BCUT2D eigenvalue weighted by molar-refractivity contribution is 4.85. The van der Waals surface area contributed by atoms with Crippen LogP contribution in [0.25, 0.3) is 0 Å². The Morgan fingerprint density at radius 3 is 1.16 bits per heavy atom. The first-order chi connectivity index (χ1) is 8.44. The average molecular weight is 271 g/mol. The van der Waals surface area contributed by atoms with Gasteiger partial charge in [0, 0.05) is 12.3 Å². The van der Waals surface area contributed by atoms with Crippen LogP contribution in [0.2, 0.25) is 0 Å². The SMILES string of the molecule is CC(C)CC(C)(C(C)C)[N+](C(C)C)(C(C)C)C(C)C. The van der Waals surface area contributed by atoms with Crippen LogP contribution in [0.4, 0.5) is 0 Å². The van der Waals surface area contributed by atoms with Gasteiger partial charge in [0.1, 0.15) is 0 Å². The van der Waals surface area contributed by atoms with Crippen LogP contribution in [-0.4, -0.2) is 28.1 Å². The Morgan fingerprint density at radius 2 is 1.00 bits per heavy atom. The highest BCUT2D eigenvalue weighted by Crippen LogP contribution is 2.44. The summed E-state index contributed by atoms with van der Waals surface area (Å²) in [6.45, 7) is 26.6. The zero-order valence-electron chi connectivity index (χ0n) is 15.5. The molecule has 0 aromatic carbocycles. The van der Waals surface area contributed by atoms with E-state index in [1.807, 2.05) is 0 Å². The van der Waals surface area contributed by atoms with Crippen molar-refractivity contribution in [3.05, 3.63) is 0 Å². The number of hydrogen-bond acceptors (Lipinski definition) is 0. The Hall–Kier alpha value is -0.0400. The molecule has 1 atom stereocenters. The Bertz CT molecular complexity index is 241.